The van der Waals surface area contributed by atoms with Crippen molar-refractivity contribution in [1.82, 2.24) is 14.7 Å². The number of nitrogens with zero attached hydrogens (tertiary/aromatic N) is 3. The van der Waals surface area contributed by atoms with E-state index in [1.54, 1.807) is 23.9 Å². The predicted molar refractivity (Wildman–Crippen MR) is 150 cm³/mol. The van der Waals surface area contributed by atoms with E-state index in [4.69, 9.17) is 14.6 Å². The van der Waals surface area contributed by atoms with Gasteiger partial charge in [-0.1, -0.05) is 45.0 Å². The number of ether oxygens (including phenoxy) is 2. The van der Waals surface area contributed by atoms with E-state index in [1.165, 1.54) is 4.90 Å². The number of para-hydroxylation sites is 2. The topological polar surface area (TPSA) is 97.7 Å². The molecule has 3 aromatic rings. The summed E-state index contributed by atoms with van der Waals surface area (Å²) in [6, 6.07) is 16.6. The van der Waals surface area contributed by atoms with Gasteiger partial charge in [-0.25, -0.2) is 9.48 Å². The van der Waals surface area contributed by atoms with Crippen molar-refractivity contribution < 1.29 is 19.1 Å². The number of urea groups is 1. The van der Waals surface area contributed by atoms with Gasteiger partial charge in [0.05, 0.1) is 23.7 Å². The summed E-state index contributed by atoms with van der Waals surface area (Å²) in [4.78, 5) is 28.0. The fourth-order valence-corrected chi connectivity index (χ4v) is 3.85. The molecule has 0 bridgehead atoms. The van der Waals surface area contributed by atoms with E-state index < -0.39 is 6.03 Å². The molecular formula is C29H39N5O4. The van der Waals surface area contributed by atoms with Gasteiger partial charge in [0.2, 0.25) is 5.91 Å². The van der Waals surface area contributed by atoms with Crippen molar-refractivity contribution in [3.05, 3.63) is 65.9 Å². The third kappa shape index (κ3) is 7.82. The first kappa shape index (κ1) is 28.7. The zero-order chi connectivity index (χ0) is 27.7. The van der Waals surface area contributed by atoms with Crippen LogP contribution in [0.2, 0.25) is 0 Å². The summed E-state index contributed by atoms with van der Waals surface area (Å²) in [5.41, 5.74) is 3.11. The summed E-state index contributed by atoms with van der Waals surface area (Å²) in [5.74, 6) is 0.788. The number of carbonyl (C=O) groups excluding carboxylic acids is 2. The van der Waals surface area contributed by atoms with Gasteiger partial charge in [0.25, 0.3) is 0 Å². The fraction of sp³-hybridized carbons (Fsp3) is 0.414. The van der Waals surface area contributed by atoms with E-state index in [2.05, 4.69) is 31.4 Å². The molecule has 2 aromatic carbocycles. The summed E-state index contributed by atoms with van der Waals surface area (Å²) in [6.07, 6.45) is 0.583. The lowest BCUT2D eigenvalue weighted by Crippen LogP contribution is -2.41. The van der Waals surface area contributed by atoms with Gasteiger partial charge in [-0.15, -0.1) is 0 Å². The normalized spacial score (nSPS) is 11.2. The highest BCUT2D eigenvalue weighted by Crippen LogP contribution is 2.27. The molecule has 0 aliphatic carbocycles. The molecule has 0 aliphatic heterocycles. The van der Waals surface area contributed by atoms with Crippen LogP contribution in [0.25, 0.3) is 5.69 Å². The summed E-state index contributed by atoms with van der Waals surface area (Å²) >= 11 is 0. The van der Waals surface area contributed by atoms with Gasteiger partial charge in [0.1, 0.15) is 18.1 Å². The van der Waals surface area contributed by atoms with E-state index >= 15 is 0 Å². The Morgan fingerprint density at radius 1 is 1.05 bits per heavy atom. The van der Waals surface area contributed by atoms with Crippen molar-refractivity contribution in [3.8, 4) is 11.4 Å². The van der Waals surface area contributed by atoms with E-state index in [9.17, 15) is 9.59 Å². The zero-order valence-electron chi connectivity index (χ0n) is 23.2. The standard InChI is InChI=1S/C29H39N5O4/c1-7-38-24-15-9-8-14-23(24)30-28(36)33(16-11-17-37-6)20-27(35)31-26-19-25(29(3,4)5)32-34(26)22-13-10-12-21(2)18-22/h8-10,12-15,18-19H,7,11,16-17,20H2,1-6H3,(H,30,36)(H,31,35). The summed E-state index contributed by atoms with van der Waals surface area (Å²) in [7, 11) is 1.61. The monoisotopic (exact) mass is 521 g/mol. The second kappa shape index (κ2) is 13.1. The van der Waals surface area contributed by atoms with Gasteiger partial charge >= 0.3 is 6.03 Å². The van der Waals surface area contributed by atoms with Crippen molar-refractivity contribution in [3.63, 3.8) is 0 Å². The molecule has 9 nitrogen and oxygen atoms in total. The second-order valence-corrected chi connectivity index (χ2v) is 10.1. The molecule has 204 valence electrons. The molecule has 0 fully saturated rings. The first-order valence-electron chi connectivity index (χ1n) is 12.9. The Labute approximate surface area is 225 Å². The molecule has 0 unspecified atom stereocenters. The third-order valence-corrected chi connectivity index (χ3v) is 5.82. The number of hydrogen-bond acceptors (Lipinski definition) is 5. The molecule has 0 spiro atoms. The highest BCUT2D eigenvalue weighted by molar-refractivity contribution is 5.97. The van der Waals surface area contributed by atoms with Crippen molar-refractivity contribution >= 4 is 23.4 Å². The second-order valence-electron chi connectivity index (χ2n) is 10.1. The van der Waals surface area contributed by atoms with Crippen LogP contribution >= 0.6 is 0 Å². The van der Waals surface area contributed by atoms with Crippen LogP contribution < -0.4 is 15.4 Å². The quantitative estimate of drug-likeness (QED) is 0.330. The average molecular weight is 522 g/mol. The molecule has 2 N–H and O–H groups in total. The van der Waals surface area contributed by atoms with Crippen molar-refractivity contribution in [2.45, 2.75) is 46.5 Å². The number of nitrogens with one attached hydrogen (secondary N) is 2. The van der Waals surface area contributed by atoms with Crippen LogP contribution in [0.3, 0.4) is 0 Å². The Morgan fingerprint density at radius 3 is 2.50 bits per heavy atom. The van der Waals surface area contributed by atoms with Crippen molar-refractivity contribution in [2.24, 2.45) is 0 Å². The summed E-state index contributed by atoms with van der Waals surface area (Å²) < 4.78 is 12.5. The van der Waals surface area contributed by atoms with E-state index in [1.807, 2.05) is 56.3 Å². The first-order chi connectivity index (χ1) is 18.1. The molecule has 1 aromatic heterocycles. The van der Waals surface area contributed by atoms with Crippen LogP contribution in [-0.2, 0) is 14.9 Å². The molecule has 0 radical (unpaired) electrons. The minimum atomic E-state index is -0.397. The Bertz CT molecular complexity index is 1230. The van der Waals surface area contributed by atoms with Gasteiger partial charge in [-0.2, -0.15) is 5.10 Å². The number of aromatic nitrogens is 2. The lowest BCUT2D eigenvalue weighted by molar-refractivity contribution is -0.116. The molecule has 0 aliphatic rings. The van der Waals surface area contributed by atoms with Crippen molar-refractivity contribution in [1.29, 1.82) is 0 Å². The largest absolute Gasteiger partial charge is 0.492 e. The van der Waals surface area contributed by atoms with Crippen LogP contribution in [0.1, 0.15) is 45.4 Å². The number of carbonyl (C=O) groups is 2. The van der Waals surface area contributed by atoms with Gasteiger partial charge in [-0.05, 0) is 50.1 Å². The number of benzene rings is 2. The Balaban J connectivity index is 1.82. The van der Waals surface area contributed by atoms with Crippen LogP contribution in [-0.4, -0.2) is 60.0 Å². The SMILES string of the molecule is CCOc1ccccc1NC(=O)N(CCCOC)CC(=O)Nc1cc(C(C)(C)C)nn1-c1cccc(C)c1. The number of anilines is 2. The Kier molecular flexibility index (Phi) is 9.90. The van der Waals surface area contributed by atoms with Gasteiger partial charge in [-0.3, -0.25) is 4.79 Å². The number of hydrogen-bond donors (Lipinski definition) is 2. The molecule has 38 heavy (non-hydrogen) atoms. The number of rotatable bonds is 11. The summed E-state index contributed by atoms with van der Waals surface area (Å²) in [5, 5.41) is 10.6. The van der Waals surface area contributed by atoms with Crippen LogP contribution in [0, 0.1) is 6.92 Å². The van der Waals surface area contributed by atoms with Crippen molar-refractivity contribution in [2.75, 3.05) is 44.0 Å². The van der Waals surface area contributed by atoms with E-state index in [-0.39, 0.29) is 17.9 Å². The predicted octanol–water partition coefficient (Wildman–Crippen LogP) is 5.39. The molecule has 0 saturated heterocycles. The minimum Gasteiger partial charge on any atom is -0.492 e. The maximum Gasteiger partial charge on any atom is 0.322 e. The molecule has 0 saturated carbocycles. The van der Waals surface area contributed by atoms with Crippen LogP contribution in [0.4, 0.5) is 16.3 Å². The van der Waals surface area contributed by atoms with Gasteiger partial charge < -0.3 is 25.0 Å². The number of aryl methyl sites for hydroxylation is 1. The fourth-order valence-electron chi connectivity index (χ4n) is 3.85. The molecule has 3 rings (SSSR count). The summed E-state index contributed by atoms with van der Waals surface area (Å²) in [6.45, 7) is 11.2. The first-order valence-corrected chi connectivity index (χ1v) is 12.9. The lowest BCUT2D eigenvalue weighted by Gasteiger charge is -2.23. The molecule has 3 amide bonds. The third-order valence-electron chi connectivity index (χ3n) is 5.82. The molecule has 1 heterocycles. The smallest absolute Gasteiger partial charge is 0.322 e. The average Bonchev–Trinajstić information content (AvgIpc) is 3.29. The van der Waals surface area contributed by atoms with Crippen LogP contribution in [0.5, 0.6) is 5.75 Å². The maximum atomic E-state index is 13.3. The highest BCUT2D eigenvalue weighted by atomic mass is 16.5. The van der Waals surface area contributed by atoms with Gasteiger partial charge in [0.15, 0.2) is 0 Å². The Hall–Kier alpha value is -3.85. The molecule has 0 atom stereocenters. The van der Waals surface area contributed by atoms with Crippen LogP contribution in [0.15, 0.2) is 54.6 Å². The Morgan fingerprint density at radius 2 is 1.82 bits per heavy atom. The highest BCUT2D eigenvalue weighted by Gasteiger charge is 2.23. The minimum absolute atomic E-state index is 0.143. The number of methoxy groups -OCH3 is 1. The van der Waals surface area contributed by atoms with E-state index in [0.29, 0.717) is 43.4 Å². The maximum absolute atomic E-state index is 13.3. The zero-order valence-corrected chi connectivity index (χ0v) is 23.2. The molecular weight excluding hydrogens is 482 g/mol. The van der Waals surface area contributed by atoms with Gasteiger partial charge in [0, 0.05) is 31.7 Å². The lowest BCUT2D eigenvalue weighted by atomic mass is 9.92. The number of amides is 3. The van der Waals surface area contributed by atoms with E-state index in [0.717, 1.165) is 16.9 Å². The molecule has 9 heteroatoms.